The molecule has 1 saturated carbocycles. The van der Waals surface area contributed by atoms with Gasteiger partial charge in [0.05, 0.1) is 16.3 Å². The molecule has 1 saturated heterocycles. The summed E-state index contributed by atoms with van der Waals surface area (Å²) in [5.41, 5.74) is 0. The average Bonchev–Trinajstić information content (AvgIpc) is 3.13. The van der Waals surface area contributed by atoms with E-state index in [1.165, 1.54) is 0 Å². The van der Waals surface area contributed by atoms with Crippen molar-refractivity contribution >= 4 is 26.0 Å². The van der Waals surface area contributed by atoms with Gasteiger partial charge >= 0.3 is 0 Å². The molecule has 19 heavy (non-hydrogen) atoms. The number of hydrogen-bond donors (Lipinski definition) is 0. The molecular formula is C12H15BrN2O3S. The molecule has 0 aromatic carbocycles. The number of nitrogens with zero attached hydrogens (tertiary/aromatic N) is 2. The first-order valence-electron chi connectivity index (χ1n) is 6.33. The van der Waals surface area contributed by atoms with Gasteiger partial charge in [0, 0.05) is 12.7 Å². The van der Waals surface area contributed by atoms with Crippen molar-refractivity contribution in [3.63, 3.8) is 0 Å². The van der Waals surface area contributed by atoms with Gasteiger partial charge in [-0.05, 0) is 47.3 Å². The number of ether oxygens (including phenoxy) is 1. The zero-order valence-corrected chi connectivity index (χ0v) is 12.7. The summed E-state index contributed by atoms with van der Waals surface area (Å²) in [4.78, 5) is 4.14. The molecule has 2 aliphatic rings. The Bertz CT molecular complexity index is 574. The second kappa shape index (κ2) is 5.03. The van der Waals surface area contributed by atoms with E-state index in [0.717, 1.165) is 23.7 Å². The van der Waals surface area contributed by atoms with Crippen LogP contribution in [0.15, 0.2) is 22.8 Å². The van der Waals surface area contributed by atoms with E-state index in [1.54, 1.807) is 10.5 Å². The summed E-state index contributed by atoms with van der Waals surface area (Å²) in [7, 11) is -3.08. The van der Waals surface area contributed by atoms with Crippen molar-refractivity contribution in [2.45, 2.75) is 30.6 Å². The first kappa shape index (κ1) is 13.3. The van der Waals surface area contributed by atoms with Gasteiger partial charge in [-0.15, -0.1) is 0 Å². The van der Waals surface area contributed by atoms with Crippen LogP contribution in [0, 0.1) is 0 Å². The van der Waals surface area contributed by atoms with Crippen molar-refractivity contribution in [3.8, 4) is 5.88 Å². The van der Waals surface area contributed by atoms with Gasteiger partial charge in [-0.25, -0.2) is 13.4 Å². The third kappa shape index (κ3) is 2.78. The van der Waals surface area contributed by atoms with E-state index < -0.39 is 10.0 Å². The fourth-order valence-corrected chi connectivity index (χ4v) is 4.45. The predicted molar refractivity (Wildman–Crippen MR) is 74.5 cm³/mol. The van der Waals surface area contributed by atoms with Gasteiger partial charge in [-0.3, -0.25) is 0 Å². The van der Waals surface area contributed by atoms with Crippen LogP contribution in [0.25, 0.3) is 0 Å². The molecule has 1 aromatic heterocycles. The lowest BCUT2D eigenvalue weighted by atomic mass is 10.3. The summed E-state index contributed by atoms with van der Waals surface area (Å²) in [6.07, 6.45) is 3.87. The number of rotatable bonds is 4. The van der Waals surface area contributed by atoms with E-state index >= 15 is 0 Å². The molecule has 0 amide bonds. The topological polar surface area (TPSA) is 59.5 Å². The Morgan fingerprint density at radius 1 is 1.37 bits per heavy atom. The Morgan fingerprint density at radius 2 is 2.16 bits per heavy atom. The SMILES string of the molecule is O=S(=O)(C1CC1)N1CCC(Oc2ncccc2Br)C1. The molecule has 2 fully saturated rings. The van der Waals surface area contributed by atoms with E-state index in [0.29, 0.717) is 19.0 Å². The van der Waals surface area contributed by atoms with Crippen molar-refractivity contribution in [2.24, 2.45) is 0 Å². The van der Waals surface area contributed by atoms with Crippen LogP contribution in [0.2, 0.25) is 0 Å². The van der Waals surface area contributed by atoms with E-state index in [2.05, 4.69) is 20.9 Å². The molecule has 1 aliphatic carbocycles. The van der Waals surface area contributed by atoms with Crippen LogP contribution in [-0.2, 0) is 10.0 Å². The summed E-state index contributed by atoms with van der Waals surface area (Å²) in [5.74, 6) is 0.526. The van der Waals surface area contributed by atoms with Crippen molar-refractivity contribution < 1.29 is 13.2 Å². The highest BCUT2D eigenvalue weighted by Crippen LogP contribution is 2.33. The highest BCUT2D eigenvalue weighted by atomic mass is 79.9. The molecule has 3 rings (SSSR count). The Labute approximate surface area is 121 Å². The van der Waals surface area contributed by atoms with E-state index in [1.807, 2.05) is 12.1 Å². The quantitative estimate of drug-likeness (QED) is 0.833. The average molecular weight is 347 g/mol. The maximum absolute atomic E-state index is 12.1. The van der Waals surface area contributed by atoms with Crippen LogP contribution < -0.4 is 4.74 Å². The molecule has 0 radical (unpaired) electrons. The second-order valence-electron chi connectivity index (χ2n) is 4.92. The lowest BCUT2D eigenvalue weighted by molar-refractivity contribution is 0.205. The largest absolute Gasteiger partial charge is 0.472 e. The lowest BCUT2D eigenvalue weighted by Gasteiger charge is -2.16. The zero-order chi connectivity index (χ0) is 13.5. The first-order valence-corrected chi connectivity index (χ1v) is 8.63. The van der Waals surface area contributed by atoms with Gasteiger partial charge in [0.2, 0.25) is 15.9 Å². The van der Waals surface area contributed by atoms with Crippen LogP contribution in [0.5, 0.6) is 5.88 Å². The van der Waals surface area contributed by atoms with Gasteiger partial charge in [-0.2, -0.15) is 4.31 Å². The number of pyridine rings is 1. The minimum absolute atomic E-state index is 0.111. The molecule has 5 nitrogen and oxygen atoms in total. The maximum atomic E-state index is 12.1. The summed E-state index contributed by atoms with van der Waals surface area (Å²) >= 11 is 3.37. The highest BCUT2D eigenvalue weighted by molar-refractivity contribution is 9.10. The normalized spacial score (nSPS) is 24.6. The second-order valence-corrected chi connectivity index (χ2v) is 7.99. The Hall–Kier alpha value is -0.660. The molecular weight excluding hydrogens is 332 g/mol. The summed E-state index contributed by atoms with van der Waals surface area (Å²) in [5, 5.41) is -0.146. The molecule has 1 unspecified atom stereocenters. The van der Waals surface area contributed by atoms with Crippen LogP contribution in [-0.4, -0.2) is 42.2 Å². The monoisotopic (exact) mass is 346 g/mol. The number of halogens is 1. The molecule has 0 spiro atoms. The van der Waals surface area contributed by atoms with Crippen molar-refractivity contribution in [2.75, 3.05) is 13.1 Å². The zero-order valence-electron chi connectivity index (χ0n) is 10.3. The Kier molecular flexibility index (Phi) is 3.53. The summed E-state index contributed by atoms with van der Waals surface area (Å²) < 4.78 is 32.3. The molecule has 7 heteroatoms. The van der Waals surface area contributed by atoms with Gasteiger partial charge in [0.25, 0.3) is 0 Å². The third-order valence-electron chi connectivity index (χ3n) is 3.42. The predicted octanol–water partition coefficient (Wildman–Crippen LogP) is 1.79. The molecule has 0 bridgehead atoms. The maximum Gasteiger partial charge on any atom is 0.228 e. The molecule has 0 N–H and O–H groups in total. The number of hydrogen-bond acceptors (Lipinski definition) is 4. The van der Waals surface area contributed by atoms with Crippen LogP contribution in [0.1, 0.15) is 19.3 Å². The fourth-order valence-electron chi connectivity index (χ4n) is 2.22. The van der Waals surface area contributed by atoms with Crippen LogP contribution in [0.4, 0.5) is 0 Å². The standard InChI is InChI=1S/C12H15BrN2O3S/c13-11-2-1-6-14-12(11)18-9-5-7-15(8-9)19(16,17)10-3-4-10/h1-2,6,9-10H,3-5,7-8H2. The number of sulfonamides is 1. The first-order chi connectivity index (χ1) is 9.07. The van der Waals surface area contributed by atoms with Crippen molar-refractivity contribution in [3.05, 3.63) is 22.8 Å². The van der Waals surface area contributed by atoms with E-state index in [4.69, 9.17) is 4.74 Å². The summed E-state index contributed by atoms with van der Waals surface area (Å²) in [6.45, 7) is 0.982. The fraction of sp³-hybridized carbons (Fsp3) is 0.583. The highest BCUT2D eigenvalue weighted by Gasteiger charge is 2.43. The van der Waals surface area contributed by atoms with Crippen molar-refractivity contribution in [1.82, 2.24) is 9.29 Å². The van der Waals surface area contributed by atoms with Crippen LogP contribution in [0.3, 0.4) is 0 Å². The van der Waals surface area contributed by atoms with Gasteiger partial charge in [0.1, 0.15) is 6.10 Å². The van der Waals surface area contributed by atoms with Gasteiger partial charge in [-0.1, -0.05) is 0 Å². The Morgan fingerprint density at radius 3 is 2.84 bits per heavy atom. The minimum Gasteiger partial charge on any atom is -0.472 e. The molecule has 1 atom stereocenters. The summed E-state index contributed by atoms with van der Waals surface area (Å²) in [6, 6.07) is 3.67. The van der Waals surface area contributed by atoms with Gasteiger partial charge in [0.15, 0.2) is 0 Å². The molecule has 1 aliphatic heterocycles. The lowest BCUT2D eigenvalue weighted by Crippen LogP contribution is -2.33. The minimum atomic E-state index is -3.08. The third-order valence-corrected chi connectivity index (χ3v) is 6.39. The van der Waals surface area contributed by atoms with Crippen LogP contribution >= 0.6 is 15.9 Å². The molecule has 1 aromatic rings. The number of aromatic nitrogens is 1. The Balaban J connectivity index is 1.65. The molecule has 104 valence electrons. The van der Waals surface area contributed by atoms with Crippen molar-refractivity contribution in [1.29, 1.82) is 0 Å². The molecule has 2 heterocycles. The van der Waals surface area contributed by atoms with Gasteiger partial charge < -0.3 is 4.74 Å². The van der Waals surface area contributed by atoms with E-state index in [-0.39, 0.29) is 11.4 Å². The smallest absolute Gasteiger partial charge is 0.228 e. The van der Waals surface area contributed by atoms with E-state index in [9.17, 15) is 8.42 Å².